The van der Waals surface area contributed by atoms with Crippen LogP contribution in [0.3, 0.4) is 0 Å². The van der Waals surface area contributed by atoms with Crippen LogP contribution in [0.5, 0.6) is 0 Å². The van der Waals surface area contributed by atoms with Crippen molar-refractivity contribution in [1.82, 2.24) is 5.43 Å². The Balaban J connectivity index is 1.77. The molecule has 0 aliphatic carbocycles. The fourth-order valence-corrected chi connectivity index (χ4v) is 2.35. The highest BCUT2D eigenvalue weighted by molar-refractivity contribution is 5.94. The number of nitrogens with one attached hydrogen (secondary N) is 2. The predicted octanol–water partition coefficient (Wildman–Crippen LogP) is 3.48. The molecule has 2 aromatic rings. The second-order valence-corrected chi connectivity index (χ2v) is 6.02. The molecule has 2 N–H and O–H groups in total. The zero-order valence-electron chi connectivity index (χ0n) is 14.8. The van der Waals surface area contributed by atoms with E-state index in [1.54, 1.807) is 6.21 Å². The number of amides is 2. The number of aryl methyl sites for hydroxylation is 3. The van der Waals surface area contributed by atoms with Gasteiger partial charge in [0.15, 0.2) is 0 Å². The summed E-state index contributed by atoms with van der Waals surface area (Å²) in [6, 6.07) is 13.6. The molecule has 0 aromatic heterocycles. The highest BCUT2D eigenvalue weighted by Crippen LogP contribution is 2.16. The van der Waals surface area contributed by atoms with Gasteiger partial charge in [0.05, 0.1) is 6.21 Å². The van der Waals surface area contributed by atoms with Gasteiger partial charge in [0, 0.05) is 18.5 Å². The minimum atomic E-state index is -0.291. The Bertz CT molecular complexity index is 797. The van der Waals surface area contributed by atoms with E-state index in [1.807, 2.05) is 63.2 Å². The van der Waals surface area contributed by atoms with Crippen molar-refractivity contribution < 1.29 is 9.59 Å². The topological polar surface area (TPSA) is 70.6 Å². The van der Waals surface area contributed by atoms with Crippen molar-refractivity contribution in [2.45, 2.75) is 33.6 Å². The molecule has 2 aromatic carbocycles. The van der Waals surface area contributed by atoms with Gasteiger partial charge in [-0.25, -0.2) is 5.43 Å². The molecule has 130 valence electrons. The van der Waals surface area contributed by atoms with Gasteiger partial charge in [0.25, 0.3) is 0 Å². The van der Waals surface area contributed by atoms with Crippen molar-refractivity contribution in [2.75, 3.05) is 5.32 Å². The number of benzene rings is 2. The molecule has 0 fully saturated rings. The Labute approximate surface area is 148 Å². The molecular formula is C20H23N3O2. The van der Waals surface area contributed by atoms with Crippen molar-refractivity contribution in [3.63, 3.8) is 0 Å². The first-order valence-electron chi connectivity index (χ1n) is 8.20. The monoisotopic (exact) mass is 337 g/mol. The Morgan fingerprint density at radius 1 is 0.960 bits per heavy atom. The smallest absolute Gasteiger partial charge is 0.240 e. The Morgan fingerprint density at radius 3 is 2.40 bits per heavy atom. The third-order valence-corrected chi connectivity index (χ3v) is 3.82. The molecule has 0 unspecified atom stereocenters. The Morgan fingerprint density at radius 2 is 1.68 bits per heavy atom. The van der Waals surface area contributed by atoms with E-state index in [-0.39, 0.29) is 24.7 Å². The first kappa shape index (κ1) is 18.4. The lowest BCUT2D eigenvalue weighted by molar-refractivity contribution is -0.124. The average molecular weight is 337 g/mol. The van der Waals surface area contributed by atoms with Crippen LogP contribution in [0.15, 0.2) is 47.6 Å². The molecule has 5 nitrogen and oxygen atoms in total. The van der Waals surface area contributed by atoms with Crippen molar-refractivity contribution in [3.8, 4) is 0 Å². The molecule has 0 bridgehead atoms. The van der Waals surface area contributed by atoms with Gasteiger partial charge < -0.3 is 5.32 Å². The van der Waals surface area contributed by atoms with Gasteiger partial charge in [0.1, 0.15) is 0 Å². The van der Waals surface area contributed by atoms with E-state index < -0.39 is 0 Å². The number of hydrazone groups is 1. The van der Waals surface area contributed by atoms with Gasteiger partial charge in [-0.2, -0.15) is 5.10 Å². The molecule has 0 atom stereocenters. The first-order valence-corrected chi connectivity index (χ1v) is 8.20. The van der Waals surface area contributed by atoms with Crippen LogP contribution in [0.2, 0.25) is 0 Å². The molecule has 0 saturated heterocycles. The fraction of sp³-hybridized carbons (Fsp3) is 0.250. The van der Waals surface area contributed by atoms with Crippen LogP contribution in [-0.4, -0.2) is 18.0 Å². The van der Waals surface area contributed by atoms with E-state index >= 15 is 0 Å². The van der Waals surface area contributed by atoms with Crippen molar-refractivity contribution in [3.05, 3.63) is 64.7 Å². The molecule has 0 spiro atoms. The lowest BCUT2D eigenvalue weighted by Gasteiger charge is -2.08. The molecule has 25 heavy (non-hydrogen) atoms. The molecule has 0 aliphatic heterocycles. The minimum absolute atomic E-state index is 0.0852. The molecule has 5 heteroatoms. The molecule has 0 aliphatic rings. The SMILES string of the molecule is Cc1ccc(NC(=O)CCC(=O)N/N=C\c2ccccc2C)c(C)c1. The van der Waals surface area contributed by atoms with Gasteiger partial charge >= 0.3 is 0 Å². The van der Waals surface area contributed by atoms with Gasteiger partial charge in [-0.15, -0.1) is 0 Å². The maximum atomic E-state index is 12.0. The van der Waals surface area contributed by atoms with E-state index in [0.717, 1.165) is 27.9 Å². The number of carbonyl (C=O) groups is 2. The number of anilines is 1. The quantitative estimate of drug-likeness (QED) is 0.626. The maximum absolute atomic E-state index is 12.0. The summed E-state index contributed by atoms with van der Waals surface area (Å²) in [5.41, 5.74) is 7.38. The third kappa shape index (κ3) is 5.88. The third-order valence-electron chi connectivity index (χ3n) is 3.82. The fourth-order valence-electron chi connectivity index (χ4n) is 2.35. The van der Waals surface area contributed by atoms with Gasteiger partial charge in [-0.05, 0) is 43.5 Å². The largest absolute Gasteiger partial charge is 0.326 e. The summed E-state index contributed by atoms with van der Waals surface area (Å²) in [4.78, 5) is 23.7. The molecule has 0 radical (unpaired) electrons. The summed E-state index contributed by atoms with van der Waals surface area (Å²) in [6.07, 6.45) is 1.80. The van der Waals surface area contributed by atoms with Crippen LogP contribution in [-0.2, 0) is 9.59 Å². The highest BCUT2D eigenvalue weighted by atomic mass is 16.2. The van der Waals surface area contributed by atoms with E-state index in [4.69, 9.17) is 0 Å². The molecule has 0 heterocycles. The molecule has 2 rings (SSSR count). The number of hydrogen-bond acceptors (Lipinski definition) is 3. The summed E-state index contributed by atoms with van der Waals surface area (Å²) in [7, 11) is 0. The van der Waals surface area contributed by atoms with E-state index in [9.17, 15) is 9.59 Å². The number of hydrogen-bond donors (Lipinski definition) is 2. The summed E-state index contributed by atoms with van der Waals surface area (Å²) in [5.74, 6) is -0.481. The van der Waals surface area contributed by atoms with E-state index in [1.165, 1.54) is 0 Å². The minimum Gasteiger partial charge on any atom is -0.326 e. The first-order chi connectivity index (χ1) is 12.0. The summed E-state index contributed by atoms with van der Waals surface area (Å²) in [6.45, 7) is 5.91. The normalized spacial score (nSPS) is 10.7. The highest BCUT2D eigenvalue weighted by Gasteiger charge is 2.08. The predicted molar refractivity (Wildman–Crippen MR) is 101 cm³/mol. The van der Waals surface area contributed by atoms with Crippen LogP contribution in [0, 0.1) is 20.8 Å². The van der Waals surface area contributed by atoms with Crippen molar-refractivity contribution in [2.24, 2.45) is 5.10 Å². The second kappa shape index (κ2) is 8.78. The number of carbonyl (C=O) groups excluding carboxylic acids is 2. The molecular weight excluding hydrogens is 314 g/mol. The van der Waals surface area contributed by atoms with Crippen LogP contribution in [0.4, 0.5) is 5.69 Å². The lowest BCUT2D eigenvalue weighted by Crippen LogP contribution is -2.21. The van der Waals surface area contributed by atoms with Gasteiger partial charge in [0.2, 0.25) is 11.8 Å². The maximum Gasteiger partial charge on any atom is 0.240 e. The van der Waals surface area contributed by atoms with Gasteiger partial charge in [-0.3, -0.25) is 9.59 Å². The van der Waals surface area contributed by atoms with E-state index in [2.05, 4.69) is 15.8 Å². The van der Waals surface area contributed by atoms with Crippen LogP contribution in [0.1, 0.15) is 35.1 Å². The van der Waals surface area contributed by atoms with Crippen molar-refractivity contribution in [1.29, 1.82) is 0 Å². The molecule has 0 saturated carbocycles. The van der Waals surface area contributed by atoms with Crippen LogP contribution in [0.25, 0.3) is 0 Å². The zero-order valence-corrected chi connectivity index (χ0v) is 14.8. The van der Waals surface area contributed by atoms with Crippen LogP contribution >= 0.6 is 0 Å². The standard InChI is InChI=1S/C20H23N3O2/c1-14-8-9-18(16(3)12-14)22-19(24)10-11-20(25)23-21-13-17-7-5-4-6-15(17)2/h4-9,12-13H,10-11H2,1-3H3,(H,22,24)(H,23,25)/b21-13-. The second-order valence-electron chi connectivity index (χ2n) is 6.02. The number of nitrogens with zero attached hydrogens (tertiary/aromatic N) is 1. The van der Waals surface area contributed by atoms with E-state index in [0.29, 0.717) is 0 Å². The van der Waals surface area contributed by atoms with Gasteiger partial charge in [-0.1, -0.05) is 42.0 Å². The Hall–Kier alpha value is -2.95. The van der Waals surface area contributed by atoms with Crippen molar-refractivity contribution >= 4 is 23.7 Å². The summed E-state index contributed by atoms with van der Waals surface area (Å²) in [5, 5.41) is 6.76. The Kier molecular flexibility index (Phi) is 6.46. The summed E-state index contributed by atoms with van der Waals surface area (Å²) >= 11 is 0. The lowest BCUT2D eigenvalue weighted by atomic mass is 10.1. The average Bonchev–Trinajstić information content (AvgIpc) is 2.57. The zero-order chi connectivity index (χ0) is 18.2. The summed E-state index contributed by atoms with van der Waals surface area (Å²) < 4.78 is 0. The number of rotatable bonds is 6. The van der Waals surface area contributed by atoms with Crippen LogP contribution < -0.4 is 10.7 Å². The molecule has 2 amide bonds.